The summed E-state index contributed by atoms with van der Waals surface area (Å²) in [5.41, 5.74) is 4.55. The van der Waals surface area contributed by atoms with Crippen LogP contribution in [0.1, 0.15) is 35.2 Å². The first-order chi connectivity index (χ1) is 7.86. The SMILES string of the molecule is IC1C2=C(CCCC2)COc2ccccc21. The zero-order valence-corrected chi connectivity index (χ0v) is 11.4. The molecule has 0 saturated carbocycles. The highest BCUT2D eigenvalue weighted by Crippen LogP contribution is 2.45. The van der Waals surface area contributed by atoms with Gasteiger partial charge in [-0.05, 0) is 37.3 Å². The fourth-order valence-electron chi connectivity index (χ4n) is 2.64. The Morgan fingerprint density at radius 3 is 2.88 bits per heavy atom. The fourth-order valence-corrected chi connectivity index (χ4v) is 3.90. The van der Waals surface area contributed by atoms with Gasteiger partial charge >= 0.3 is 0 Å². The van der Waals surface area contributed by atoms with Gasteiger partial charge in [-0.15, -0.1) is 0 Å². The van der Waals surface area contributed by atoms with Gasteiger partial charge in [-0.2, -0.15) is 0 Å². The van der Waals surface area contributed by atoms with Gasteiger partial charge in [0.2, 0.25) is 0 Å². The monoisotopic (exact) mass is 326 g/mol. The lowest BCUT2D eigenvalue weighted by Crippen LogP contribution is -2.07. The number of ether oxygens (including phenoxy) is 1. The Kier molecular flexibility index (Phi) is 2.92. The Bertz CT molecular complexity index is 436. The van der Waals surface area contributed by atoms with Crippen molar-refractivity contribution >= 4 is 22.6 Å². The smallest absolute Gasteiger partial charge is 0.124 e. The number of alkyl halides is 1. The standard InChI is InChI=1S/C14H15IO/c15-14-11-6-2-1-5-10(11)9-16-13-8-4-3-7-12(13)14/h3-4,7-8,14H,1-2,5-6,9H2. The molecular weight excluding hydrogens is 311 g/mol. The molecule has 16 heavy (non-hydrogen) atoms. The quantitative estimate of drug-likeness (QED) is 0.389. The minimum Gasteiger partial charge on any atom is -0.489 e. The first-order valence-electron chi connectivity index (χ1n) is 5.93. The Morgan fingerprint density at radius 2 is 1.94 bits per heavy atom. The summed E-state index contributed by atoms with van der Waals surface area (Å²) in [4.78, 5) is 0. The van der Waals surface area contributed by atoms with Crippen LogP contribution in [-0.4, -0.2) is 6.61 Å². The third-order valence-electron chi connectivity index (χ3n) is 3.53. The van der Waals surface area contributed by atoms with Crippen molar-refractivity contribution in [1.29, 1.82) is 0 Å². The first-order valence-corrected chi connectivity index (χ1v) is 7.17. The predicted octanol–water partition coefficient (Wildman–Crippen LogP) is 4.43. The van der Waals surface area contributed by atoms with Crippen molar-refractivity contribution in [3.05, 3.63) is 41.0 Å². The number of allylic oxidation sites excluding steroid dienone is 1. The molecule has 0 radical (unpaired) electrons. The van der Waals surface area contributed by atoms with Gasteiger partial charge in [0.1, 0.15) is 12.4 Å². The van der Waals surface area contributed by atoms with E-state index in [0.29, 0.717) is 3.92 Å². The lowest BCUT2D eigenvalue weighted by molar-refractivity contribution is 0.344. The Hall–Kier alpha value is -0.510. The van der Waals surface area contributed by atoms with Crippen molar-refractivity contribution in [2.24, 2.45) is 0 Å². The first kappa shape index (κ1) is 10.6. The maximum absolute atomic E-state index is 5.93. The van der Waals surface area contributed by atoms with Crippen LogP contribution in [0.5, 0.6) is 5.75 Å². The molecule has 1 unspecified atom stereocenters. The maximum Gasteiger partial charge on any atom is 0.124 e. The van der Waals surface area contributed by atoms with Gasteiger partial charge in [0.15, 0.2) is 0 Å². The molecule has 84 valence electrons. The number of rotatable bonds is 0. The van der Waals surface area contributed by atoms with E-state index in [2.05, 4.69) is 46.9 Å². The molecule has 2 aliphatic rings. The van der Waals surface area contributed by atoms with Gasteiger partial charge in [0.05, 0.1) is 3.92 Å². The van der Waals surface area contributed by atoms with E-state index in [4.69, 9.17) is 4.74 Å². The van der Waals surface area contributed by atoms with E-state index < -0.39 is 0 Å². The van der Waals surface area contributed by atoms with Gasteiger partial charge in [-0.25, -0.2) is 0 Å². The van der Waals surface area contributed by atoms with E-state index in [1.807, 2.05) is 0 Å². The molecule has 0 amide bonds. The van der Waals surface area contributed by atoms with E-state index in [-0.39, 0.29) is 0 Å². The predicted molar refractivity (Wildman–Crippen MR) is 74.2 cm³/mol. The Morgan fingerprint density at radius 1 is 1.12 bits per heavy atom. The highest BCUT2D eigenvalue weighted by molar-refractivity contribution is 14.1. The normalized spacial score (nSPS) is 24.2. The molecule has 0 N–H and O–H groups in total. The maximum atomic E-state index is 5.93. The molecule has 0 saturated heterocycles. The Balaban J connectivity index is 2.05. The molecule has 0 aromatic heterocycles. The zero-order chi connectivity index (χ0) is 11.0. The average Bonchev–Trinajstić information content (AvgIpc) is 2.49. The van der Waals surface area contributed by atoms with Crippen molar-refractivity contribution in [3.8, 4) is 5.75 Å². The van der Waals surface area contributed by atoms with Crippen molar-refractivity contribution in [2.45, 2.75) is 29.6 Å². The topological polar surface area (TPSA) is 9.23 Å². The summed E-state index contributed by atoms with van der Waals surface area (Å²) in [6.45, 7) is 0.811. The molecule has 1 atom stereocenters. The van der Waals surface area contributed by atoms with Crippen molar-refractivity contribution in [3.63, 3.8) is 0 Å². The number of hydrogen-bond donors (Lipinski definition) is 0. The van der Waals surface area contributed by atoms with E-state index in [1.54, 1.807) is 11.1 Å². The van der Waals surface area contributed by atoms with Gasteiger partial charge in [0, 0.05) is 5.56 Å². The summed E-state index contributed by atoms with van der Waals surface area (Å²) in [6.07, 6.45) is 5.19. The second-order valence-corrected chi connectivity index (χ2v) is 5.77. The molecule has 0 bridgehead atoms. The van der Waals surface area contributed by atoms with Crippen LogP contribution in [0.2, 0.25) is 0 Å². The lowest BCUT2D eigenvalue weighted by atomic mass is 9.89. The van der Waals surface area contributed by atoms with Crippen LogP contribution in [-0.2, 0) is 0 Å². The number of benzene rings is 1. The molecule has 0 spiro atoms. The second-order valence-electron chi connectivity index (χ2n) is 4.52. The summed E-state index contributed by atoms with van der Waals surface area (Å²) in [5.74, 6) is 1.08. The van der Waals surface area contributed by atoms with Gasteiger partial charge in [0.25, 0.3) is 0 Å². The van der Waals surface area contributed by atoms with E-state index in [0.717, 1.165) is 12.4 Å². The molecule has 1 nitrogen and oxygen atoms in total. The number of fused-ring (bicyclic) bond motifs is 1. The number of para-hydroxylation sites is 1. The minimum atomic E-state index is 0.520. The zero-order valence-electron chi connectivity index (χ0n) is 9.21. The Labute approximate surface area is 110 Å². The largest absolute Gasteiger partial charge is 0.489 e. The van der Waals surface area contributed by atoms with Crippen LogP contribution in [0.4, 0.5) is 0 Å². The van der Waals surface area contributed by atoms with Crippen molar-refractivity contribution < 1.29 is 4.74 Å². The van der Waals surface area contributed by atoms with Crippen LogP contribution in [0, 0.1) is 0 Å². The number of hydrogen-bond acceptors (Lipinski definition) is 1. The summed E-state index contributed by atoms with van der Waals surface area (Å²) in [7, 11) is 0. The molecule has 1 heterocycles. The molecule has 1 aliphatic carbocycles. The summed E-state index contributed by atoms with van der Waals surface area (Å²) in [5, 5.41) is 0. The fraction of sp³-hybridized carbons (Fsp3) is 0.429. The van der Waals surface area contributed by atoms with E-state index >= 15 is 0 Å². The van der Waals surface area contributed by atoms with Crippen molar-refractivity contribution in [1.82, 2.24) is 0 Å². The lowest BCUT2D eigenvalue weighted by Gasteiger charge is -2.21. The van der Waals surface area contributed by atoms with E-state index in [9.17, 15) is 0 Å². The van der Waals surface area contributed by atoms with Crippen LogP contribution in [0.3, 0.4) is 0 Å². The average molecular weight is 326 g/mol. The third kappa shape index (κ3) is 1.77. The van der Waals surface area contributed by atoms with E-state index in [1.165, 1.54) is 31.2 Å². The van der Waals surface area contributed by atoms with Crippen LogP contribution < -0.4 is 4.74 Å². The van der Waals surface area contributed by atoms with Crippen LogP contribution in [0.25, 0.3) is 0 Å². The minimum absolute atomic E-state index is 0.520. The van der Waals surface area contributed by atoms with Crippen molar-refractivity contribution in [2.75, 3.05) is 6.61 Å². The molecular formula is C14H15IO. The summed E-state index contributed by atoms with van der Waals surface area (Å²) >= 11 is 2.57. The number of halogens is 1. The molecule has 1 aliphatic heterocycles. The van der Waals surface area contributed by atoms with Gasteiger partial charge in [-0.1, -0.05) is 46.4 Å². The highest BCUT2D eigenvalue weighted by atomic mass is 127. The highest BCUT2D eigenvalue weighted by Gasteiger charge is 2.25. The molecule has 0 fully saturated rings. The molecule has 1 aromatic carbocycles. The van der Waals surface area contributed by atoms with Crippen LogP contribution >= 0.6 is 22.6 Å². The van der Waals surface area contributed by atoms with Gasteiger partial charge in [-0.3, -0.25) is 0 Å². The molecule has 3 rings (SSSR count). The van der Waals surface area contributed by atoms with Gasteiger partial charge < -0.3 is 4.74 Å². The molecule has 2 heteroatoms. The third-order valence-corrected chi connectivity index (χ3v) is 4.95. The summed E-state index contributed by atoms with van der Waals surface area (Å²) < 4.78 is 6.45. The van der Waals surface area contributed by atoms with Crippen LogP contribution in [0.15, 0.2) is 35.4 Å². The second kappa shape index (κ2) is 4.40. The molecule has 1 aromatic rings. The summed E-state index contributed by atoms with van der Waals surface area (Å²) in [6, 6.07) is 8.48.